The number of hydrogen-bond donors (Lipinski definition) is 3. The number of urea groups is 1. The molecule has 2 rings (SSSR count). The fourth-order valence-electron chi connectivity index (χ4n) is 2.46. The Morgan fingerprint density at radius 3 is 2.72 bits per heavy atom. The summed E-state index contributed by atoms with van der Waals surface area (Å²) in [5.41, 5.74) is 1.43. The van der Waals surface area contributed by atoms with Crippen LogP contribution in [0.15, 0.2) is 24.4 Å². The average molecular weight is 421 g/mol. The first kappa shape index (κ1) is 22.6. The molecule has 1 heterocycles. The van der Waals surface area contributed by atoms with Crippen molar-refractivity contribution in [3.05, 3.63) is 30.0 Å². The van der Waals surface area contributed by atoms with E-state index in [0.717, 1.165) is 24.8 Å². The number of thiazole rings is 1. The van der Waals surface area contributed by atoms with Crippen LogP contribution in [-0.4, -0.2) is 30.6 Å². The Bertz CT molecular complexity index is 810. The number of carbonyl (C=O) groups is 2. The number of ether oxygens (including phenoxy) is 2. The number of carbonyl (C=O) groups excluding carboxylic acids is 2. The number of hydrogen-bond acceptors (Lipinski definition) is 6. The van der Waals surface area contributed by atoms with E-state index in [9.17, 15) is 9.59 Å². The Kier molecular flexibility index (Phi) is 9.39. The van der Waals surface area contributed by atoms with Gasteiger partial charge in [0.2, 0.25) is 11.0 Å². The van der Waals surface area contributed by atoms with Crippen molar-refractivity contribution in [1.29, 1.82) is 0 Å². The number of rotatable bonds is 11. The first-order valence-electron chi connectivity index (χ1n) is 9.66. The highest BCUT2D eigenvalue weighted by atomic mass is 32.1. The van der Waals surface area contributed by atoms with Gasteiger partial charge >= 0.3 is 6.03 Å². The maximum Gasteiger partial charge on any atom is 0.319 e. The molecule has 0 aliphatic rings. The van der Waals surface area contributed by atoms with Crippen LogP contribution in [0.2, 0.25) is 0 Å². The van der Waals surface area contributed by atoms with Crippen LogP contribution in [0.5, 0.6) is 10.8 Å². The molecule has 0 aliphatic heterocycles. The maximum absolute atomic E-state index is 12.0. The van der Waals surface area contributed by atoms with Gasteiger partial charge in [-0.2, -0.15) is 0 Å². The van der Waals surface area contributed by atoms with Crippen molar-refractivity contribution in [3.63, 3.8) is 0 Å². The zero-order chi connectivity index (χ0) is 21.1. The van der Waals surface area contributed by atoms with E-state index in [1.807, 2.05) is 6.07 Å². The van der Waals surface area contributed by atoms with Gasteiger partial charge in [0.15, 0.2) is 5.13 Å². The van der Waals surface area contributed by atoms with E-state index in [1.54, 1.807) is 32.4 Å². The van der Waals surface area contributed by atoms with Crippen molar-refractivity contribution in [2.45, 2.75) is 46.1 Å². The number of methoxy groups -OCH3 is 1. The molecule has 29 heavy (non-hydrogen) atoms. The van der Waals surface area contributed by atoms with Crippen LogP contribution in [-0.2, 0) is 16.1 Å². The van der Waals surface area contributed by atoms with E-state index in [4.69, 9.17) is 9.47 Å². The van der Waals surface area contributed by atoms with E-state index in [2.05, 4.69) is 27.9 Å². The first-order valence-corrected chi connectivity index (χ1v) is 10.5. The van der Waals surface area contributed by atoms with Crippen LogP contribution < -0.4 is 20.7 Å². The van der Waals surface area contributed by atoms with Gasteiger partial charge in [0.1, 0.15) is 5.75 Å². The minimum atomic E-state index is -0.239. The molecule has 0 spiro atoms. The molecule has 0 aliphatic carbocycles. The van der Waals surface area contributed by atoms with Gasteiger partial charge in [0.25, 0.3) is 0 Å². The van der Waals surface area contributed by atoms with Gasteiger partial charge in [-0.15, -0.1) is 0 Å². The molecule has 0 radical (unpaired) electrons. The second-order valence-corrected chi connectivity index (χ2v) is 7.32. The highest BCUT2D eigenvalue weighted by molar-refractivity contribution is 7.17. The summed E-state index contributed by atoms with van der Waals surface area (Å²) < 4.78 is 11.2. The number of benzene rings is 1. The summed E-state index contributed by atoms with van der Waals surface area (Å²) in [5, 5.41) is 9.39. The highest BCUT2D eigenvalue weighted by Gasteiger charge is 2.11. The summed E-state index contributed by atoms with van der Waals surface area (Å²) in [7, 11) is 1.59. The SMILES string of the molecule is CCCCCNC(=O)Nc1ccc(Oc2cnc(NC(=O)CC)s2)c(COC)c1. The van der Waals surface area contributed by atoms with Gasteiger partial charge in [0, 0.05) is 31.3 Å². The van der Waals surface area contributed by atoms with E-state index < -0.39 is 0 Å². The number of nitrogens with one attached hydrogen (secondary N) is 3. The van der Waals surface area contributed by atoms with E-state index in [1.165, 1.54) is 11.3 Å². The van der Waals surface area contributed by atoms with Crippen LogP contribution in [0.1, 0.15) is 45.1 Å². The predicted octanol–water partition coefficient (Wildman–Crippen LogP) is 4.74. The van der Waals surface area contributed by atoms with E-state index >= 15 is 0 Å². The van der Waals surface area contributed by atoms with Crippen LogP contribution in [0.4, 0.5) is 15.6 Å². The third-order valence-corrected chi connectivity index (χ3v) is 4.74. The lowest BCUT2D eigenvalue weighted by molar-refractivity contribution is -0.115. The molecule has 0 saturated heterocycles. The van der Waals surface area contributed by atoms with Crippen molar-refractivity contribution in [3.8, 4) is 10.8 Å². The number of anilines is 2. The van der Waals surface area contributed by atoms with Crippen LogP contribution >= 0.6 is 11.3 Å². The minimum Gasteiger partial charge on any atom is -0.445 e. The molecule has 8 nitrogen and oxygen atoms in total. The third-order valence-electron chi connectivity index (χ3n) is 3.95. The fourth-order valence-corrected chi connectivity index (χ4v) is 3.16. The molecule has 0 bridgehead atoms. The van der Waals surface area contributed by atoms with Gasteiger partial charge in [0.05, 0.1) is 12.8 Å². The Balaban J connectivity index is 2.01. The molecule has 0 fully saturated rings. The molecule has 0 saturated carbocycles. The Hall–Kier alpha value is -2.65. The van der Waals surface area contributed by atoms with Gasteiger partial charge in [-0.1, -0.05) is 38.0 Å². The largest absolute Gasteiger partial charge is 0.445 e. The maximum atomic E-state index is 12.0. The van der Waals surface area contributed by atoms with Crippen LogP contribution in [0, 0.1) is 0 Å². The highest BCUT2D eigenvalue weighted by Crippen LogP contribution is 2.33. The van der Waals surface area contributed by atoms with Crippen molar-refractivity contribution in [2.75, 3.05) is 24.3 Å². The van der Waals surface area contributed by atoms with Gasteiger partial charge in [-0.25, -0.2) is 9.78 Å². The topological polar surface area (TPSA) is 102 Å². The lowest BCUT2D eigenvalue weighted by Crippen LogP contribution is -2.29. The Morgan fingerprint density at radius 2 is 2.00 bits per heavy atom. The van der Waals surface area contributed by atoms with Crippen molar-refractivity contribution in [1.82, 2.24) is 10.3 Å². The second kappa shape index (κ2) is 12.0. The molecule has 2 aromatic rings. The summed E-state index contributed by atoms with van der Waals surface area (Å²) >= 11 is 1.24. The lowest BCUT2D eigenvalue weighted by atomic mass is 10.2. The molecule has 9 heteroatoms. The fraction of sp³-hybridized carbons (Fsp3) is 0.450. The normalized spacial score (nSPS) is 10.4. The van der Waals surface area contributed by atoms with Gasteiger partial charge in [-0.3, -0.25) is 4.79 Å². The van der Waals surface area contributed by atoms with Crippen molar-refractivity contribution < 1.29 is 19.1 Å². The smallest absolute Gasteiger partial charge is 0.319 e. The molecule has 3 N–H and O–H groups in total. The summed E-state index contributed by atoms with van der Waals surface area (Å²) in [4.78, 5) is 27.6. The quantitative estimate of drug-likeness (QED) is 0.456. The Labute approximate surface area is 175 Å². The van der Waals surface area contributed by atoms with Gasteiger partial charge < -0.3 is 25.4 Å². The molecular formula is C20H28N4O4S. The van der Waals surface area contributed by atoms with Crippen LogP contribution in [0.25, 0.3) is 0 Å². The van der Waals surface area contributed by atoms with E-state index in [-0.39, 0.29) is 11.9 Å². The monoisotopic (exact) mass is 420 g/mol. The lowest BCUT2D eigenvalue weighted by Gasteiger charge is -2.12. The number of aromatic nitrogens is 1. The predicted molar refractivity (Wildman–Crippen MR) is 115 cm³/mol. The number of unbranched alkanes of at least 4 members (excludes halogenated alkanes) is 2. The van der Waals surface area contributed by atoms with Crippen LogP contribution in [0.3, 0.4) is 0 Å². The summed E-state index contributed by atoms with van der Waals surface area (Å²) in [5.74, 6) is 0.493. The molecule has 0 unspecified atom stereocenters. The number of amides is 3. The second-order valence-electron chi connectivity index (χ2n) is 6.33. The summed E-state index contributed by atoms with van der Waals surface area (Å²) in [6.07, 6.45) is 5.10. The van der Waals surface area contributed by atoms with E-state index in [0.29, 0.717) is 41.2 Å². The molecule has 158 valence electrons. The zero-order valence-corrected chi connectivity index (χ0v) is 17.9. The first-order chi connectivity index (χ1) is 14.0. The summed E-state index contributed by atoms with van der Waals surface area (Å²) in [6, 6.07) is 5.11. The summed E-state index contributed by atoms with van der Waals surface area (Å²) in [6.45, 7) is 4.86. The molecule has 0 atom stereocenters. The minimum absolute atomic E-state index is 0.102. The van der Waals surface area contributed by atoms with Crippen molar-refractivity contribution in [2.24, 2.45) is 0 Å². The average Bonchev–Trinajstić information content (AvgIpc) is 3.14. The number of nitrogens with zero attached hydrogens (tertiary/aromatic N) is 1. The third kappa shape index (κ3) is 7.71. The molecular weight excluding hydrogens is 392 g/mol. The zero-order valence-electron chi connectivity index (χ0n) is 17.0. The standard InChI is InChI=1S/C20H28N4O4S/c1-4-6-7-10-21-19(26)23-15-8-9-16(14(11-15)13-27-3)28-18-12-22-20(29-18)24-17(25)5-2/h8-9,11-12H,4-7,10,13H2,1-3H3,(H2,21,23,26)(H,22,24,25). The molecule has 1 aromatic heterocycles. The van der Waals surface area contributed by atoms with Gasteiger partial charge in [-0.05, 0) is 24.6 Å². The van der Waals surface area contributed by atoms with Crippen molar-refractivity contribution >= 4 is 34.1 Å². The molecule has 3 amide bonds. The Morgan fingerprint density at radius 1 is 1.17 bits per heavy atom. The molecule has 1 aromatic carbocycles.